The van der Waals surface area contributed by atoms with Crippen LogP contribution < -0.4 is 0 Å². The van der Waals surface area contributed by atoms with E-state index in [2.05, 4.69) is 43.4 Å². The molecule has 0 saturated heterocycles. The molecule has 0 heterocycles. The normalized spacial score (nSPS) is 12.9. The van der Waals surface area contributed by atoms with E-state index < -0.39 is 0 Å². The highest BCUT2D eigenvalue weighted by molar-refractivity contribution is 5.83. The van der Waals surface area contributed by atoms with E-state index in [0.717, 1.165) is 32.1 Å². The summed E-state index contributed by atoms with van der Waals surface area (Å²) in [7, 11) is 0. The van der Waals surface area contributed by atoms with Crippen molar-refractivity contribution in [2.75, 3.05) is 0 Å². The predicted octanol–water partition coefficient (Wildman–Crippen LogP) is 7.19. The number of rotatable bonds is 13. The van der Waals surface area contributed by atoms with Crippen LogP contribution in [0, 0.1) is 5.41 Å². The molecule has 132 valence electrons. The molecule has 0 aliphatic rings. The fourth-order valence-electron chi connectivity index (χ4n) is 2.28. The first kappa shape index (κ1) is 21.9. The van der Waals surface area contributed by atoms with Gasteiger partial charge in [0.1, 0.15) is 5.78 Å². The summed E-state index contributed by atoms with van der Waals surface area (Å²) in [6, 6.07) is 0. The Labute approximate surface area is 144 Å². The van der Waals surface area contributed by atoms with Gasteiger partial charge in [-0.05, 0) is 38.5 Å². The van der Waals surface area contributed by atoms with Gasteiger partial charge in [-0.1, -0.05) is 83.4 Å². The maximum atomic E-state index is 11.8. The van der Waals surface area contributed by atoms with E-state index in [9.17, 15) is 4.79 Å². The van der Waals surface area contributed by atoms with E-state index in [4.69, 9.17) is 0 Å². The fraction of sp³-hybridized carbons (Fsp3) is 0.682. The molecule has 0 N–H and O–H groups in total. The second kappa shape index (κ2) is 14.5. The Morgan fingerprint density at radius 3 is 1.87 bits per heavy atom. The summed E-state index contributed by atoms with van der Waals surface area (Å²) in [4.78, 5) is 11.8. The standard InChI is InChI=1S/C22H38O/c1-5-6-7-8-9-10-11-12-13-14-15-16-17-18-19-20-21(23)22(2,3)4/h6-7,9-10,12-13H,5,8,11,14-20H2,1-4H3/b7-6-,10-9-,13-12-. The molecule has 0 unspecified atom stereocenters. The van der Waals surface area contributed by atoms with Crippen molar-refractivity contribution in [1.82, 2.24) is 0 Å². The summed E-state index contributed by atoms with van der Waals surface area (Å²) in [5.74, 6) is 0.402. The first-order valence-corrected chi connectivity index (χ1v) is 9.46. The summed E-state index contributed by atoms with van der Waals surface area (Å²) >= 11 is 0. The zero-order valence-corrected chi connectivity index (χ0v) is 15.9. The van der Waals surface area contributed by atoms with Crippen molar-refractivity contribution in [2.45, 2.75) is 91.9 Å². The Hall–Kier alpha value is -1.11. The molecular formula is C22H38O. The number of hydrogen-bond acceptors (Lipinski definition) is 1. The lowest BCUT2D eigenvalue weighted by Gasteiger charge is -2.16. The molecule has 0 amide bonds. The molecule has 0 spiro atoms. The van der Waals surface area contributed by atoms with Crippen molar-refractivity contribution < 1.29 is 4.79 Å². The van der Waals surface area contributed by atoms with Crippen LogP contribution in [0.3, 0.4) is 0 Å². The molecule has 0 aliphatic carbocycles. The number of unbranched alkanes of at least 4 members (excludes halogenated alkanes) is 5. The van der Waals surface area contributed by atoms with Gasteiger partial charge in [0, 0.05) is 11.8 Å². The molecule has 0 aromatic rings. The molecule has 0 aliphatic heterocycles. The SMILES string of the molecule is CC/C=C\C/C=C\C/C=C\CCCCCCCC(=O)C(C)(C)C. The monoisotopic (exact) mass is 318 g/mol. The molecule has 0 aromatic heterocycles. The van der Waals surface area contributed by atoms with Crippen LogP contribution in [0.25, 0.3) is 0 Å². The van der Waals surface area contributed by atoms with E-state index in [1.54, 1.807) is 0 Å². The van der Waals surface area contributed by atoms with Gasteiger partial charge in [0.05, 0.1) is 0 Å². The maximum absolute atomic E-state index is 11.8. The number of carbonyl (C=O) groups excluding carboxylic acids is 1. The van der Waals surface area contributed by atoms with Gasteiger partial charge in [-0.25, -0.2) is 0 Å². The molecule has 0 fully saturated rings. The van der Waals surface area contributed by atoms with Crippen molar-refractivity contribution in [2.24, 2.45) is 5.41 Å². The summed E-state index contributed by atoms with van der Waals surface area (Å²) in [5, 5.41) is 0. The summed E-state index contributed by atoms with van der Waals surface area (Å²) in [6.07, 6.45) is 24.7. The Morgan fingerprint density at radius 1 is 0.739 bits per heavy atom. The minimum Gasteiger partial charge on any atom is -0.299 e. The van der Waals surface area contributed by atoms with Crippen molar-refractivity contribution in [1.29, 1.82) is 0 Å². The van der Waals surface area contributed by atoms with Gasteiger partial charge in [-0.3, -0.25) is 4.79 Å². The van der Waals surface area contributed by atoms with Crippen LogP contribution in [0.5, 0.6) is 0 Å². The van der Waals surface area contributed by atoms with Crippen molar-refractivity contribution in [3.05, 3.63) is 36.5 Å². The number of allylic oxidation sites excluding steroid dienone is 6. The van der Waals surface area contributed by atoms with Crippen LogP contribution in [-0.2, 0) is 4.79 Å². The molecule has 0 saturated carbocycles. The lowest BCUT2D eigenvalue weighted by Crippen LogP contribution is -2.19. The molecule has 0 rings (SSSR count). The van der Waals surface area contributed by atoms with E-state index in [1.807, 2.05) is 20.8 Å². The number of hydrogen-bond donors (Lipinski definition) is 0. The molecule has 0 atom stereocenters. The highest BCUT2D eigenvalue weighted by Gasteiger charge is 2.19. The lowest BCUT2D eigenvalue weighted by atomic mass is 9.88. The van der Waals surface area contributed by atoms with Crippen LogP contribution in [0.4, 0.5) is 0 Å². The zero-order valence-electron chi connectivity index (χ0n) is 15.9. The number of ketones is 1. The third kappa shape index (κ3) is 15.6. The Balaban J connectivity index is 3.38. The van der Waals surface area contributed by atoms with Gasteiger partial charge in [0.15, 0.2) is 0 Å². The van der Waals surface area contributed by atoms with Crippen LogP contribution in [0.2, 0.25) is 0 Å². The van der Waals surface area contributed by atoms with Crippen LogP contribution in [0.1, 0.15) is 91.9 Å². The van der Waals surface area contributed by atoms with Gasteiger partial charge in [0.25, 0.3) is 0 Å². The Morgan fingerprint density at radius 2 is 1.26 bits per heavy atom. The van der Waals surface area contributed by atoms with E-state index in [0.29, 0.717) is 5.78 Å². The molecule has 0 bridgehead atoms. The smallest absolute Gasteiger partial charge is 0.138 e. The first-order chi connectivity index (χ1) is 11.0. The average molecular weight is 319 g/mol. The van der Waals surface area contributed by atoms with E-state index in [1.165, 1.54) is 32.1 Å². The van der Waals surface area contributed by atoms with E-state index >= 15 is 0 Å². The topological polar surface area (TPSA) is 17.1 Å². The minimum atomic E-state index is -0.161. The fourth-order valence-corrected chi connectivity index (χ4v) is 2.28. The second-order valence-electron chi connectivity index (χ2n) is 7.27. The first-order valence-electron chi connectivity index (χ1n) is 9.46. The largest absolute Gasteiger partial charge is 0.299 e. The minimum absolute atomic E-state index is 0.161. The number of carbonyl (C=O) groups is 1. The highest BCUT2D eigenvalue weighted by atomic mass is 16.1. The van der Waals surface area contributed by atoms with Crippen molar-refractivity contribution in [3.8, 4) is 0 Å². The zero-order chi connectivity index (χ0) is 17.4. The Bertz CT molecular complexity index is 366. The predicted molar refractivity (Wildman–Crippen MR) is 104 cm³/mol. The number of Topliss-reactive ketones (excluding diaryl/α,β-unsaturated/α-hetero) is 1. The van der Waals surface area contributed by atoms with Gasteiger partial charge >= 0.3 is 0 Å². The lowest BCUT2D eigenvalue weighted by molar-refractivity contribution is -0.126. The third-order valence-electron chi connectivity index (χ3n) is 3.89. The van der Waals surface area contributed by atoms with Gasteiger partial charge in [-0.2, -0.15) is 0 Å². The second-order valence-corrected chi connectivity index (χ2v) is 7.27. The molecule has 1 nitrogen and oxygen atoms in total. The summed E-state index contributed by atoms with van der Waals surface area (Å²) in [5.41, 5.74) is -0.161. The van der Waals surface area contributed by atoms with Gasteiger partial charge in [0.2, 0.25) is 0 Å². The summed E-state index contributed by atoms with van der Waals surface area (Å²) < 4.78 is 0. The summed E-state index contributed by atoms with van der Waals surface area (Å²) in [6.45, 7) is 8.20. The molecule has 0 radical (unpaired) electrons. The molecule has 23 heavy (non-hydrogen) atoms. The highest BCUT2D eigenvalue weighted by Crippen LogP contribution is 2.19. The van der Waals surface area contributed by atoms with Crippen molar-refractivity contribution in [3.63, 3.8) is 0 Å². The van der Waals surface area contributed by atoms with Crippen LogP contribution >= 0.6 is 0 Å². The maximum Gasteiger partial charge on any atom is 0.138 e. The third-order valence-corrected chi connectivity index (χ3v) is 3.89. The van der Waals surface area contributed by atoms with Gasteiger partial charge < -0.3 is 0 Å². The molecule has 1 heteroatoms. The Kier molecular flexibility index (Phi) is 13.8. The average Bonchev–Trinajstić information content (AvgIpc) is 2.50. The van der Waals surface area contributed by atoms with Crippen LogP contribution in [0.15, 0.2) is 36.5 Å². The van der Waals surface area contributed by atoms with Crippen LogP contribution in [-0.4, -0.2) is 5.78 Å². The van der Waals surface area contributed by atoms with Gasteiger partial charge in [-0.15, -0.1) is 0 Å². The molecule has 0 aromatic carbocycles. The quantitative estimate of drug-likeness (QED) is 0.259. The molecular weight excluding hydrogens is 280 g/mol. The van der Waals surface area contributed by atoms with Crippen molar-refractivity contribution >= 4 is 5.78 Å². The van der Waals surface area contributed by atoms with E-state index in [-0.39, 0.29) is 5.41 Å².